The third-order valence-electron chi connectivity index (χ3n) is 5.66. The summed E-state index contributed by atoms with van der Waals surface area (Å²) >= 11 is 0. The van der Waals surface area contributed by atoms with Gasteiger partial charge in [0, 0.05) is 0 Å². The summed E-state index contributed by atoms with van der Waals surface area (Å²) in [7, 11) is 0. The maximum atomic E-state index is 12.2. The molecule has 0 radical (unpaired) electrons. The number of carbonyl (C=O) groups excluding carboxylic acids is 1. The molecule has 1 saturated carbocycles. The lowest BCUT2D eigenvalue weighted by atomic mass is 9.63. The Morgan fingerprint density at radius 3 is 2.29 bits per heavy atom. The number of ether oxygens (including phenoxy) is 1. The zero-order valence-corrected chi connectivity index (χ0v) is 14.6. The van der Waals surface area contributed by atoms with Gasteiger partial charge in [0.1, 0.15) is 0 Å². The van der Waals surface area contributed by atoms with Gasteiger partial charge in [-0.15, -0.1) is 0 Å². The Morgan fingerprint density at radius 2 is 1.86 bits per heavy atom. The number of rotatable bonds is 7. The van der Waals surface area contributed by atoms with E-state index < -0.39 is 5.60 Å². The first-order chi connectivity index (χ1) is 9.80. The van der Waals surface area contributed by atoms with Crippen LogP contribution < -0.4 is 0 Å². The van der Waals surface area contributed by atoms with E-state index in [0.29, 0.717) is 17.9 Å². The fraction of sp³-hybridized carbons (Fsp3) is 0.944. The zero-order valence-electron chi connectivity index (χ0n) is 14.6. The van der Waals surface area contributed by atoms with Gasteiger partial charge in [0.25, 0.3) is 0 Å². The smallest absolute Gasteiger partial charge is 0.311 e. The molecule has 0 amide bonds. The van der Waals surface area contributed by atoms with Crippen LogP contribution in [0.2, 0.25) is 0 Å². The molecule has 1 atom stereocenters. The Bertz CT molecular complexity index is 327. The van der Waals surface area contributed by atoms with Gasteiger partial charge >= 0.3 is 5.97 Å². The molecule has 1 aliphatic rings. The summed E-state index contributed by atoms with van der Waals surface area (Å²) in [6.07, 6.45) is 6.25. The average Bonchev–Trinajstić information content (AvgIpc) is 2.45. The van der Waals surface area contributed by atoms with Crippen molar-refractivity contribution in [2.45, 2.75) is 85.2 Å². The van der Waals surface area contributed by atoms with Crippen LogP contribution in [0, 0.1) is 17.3 Å². The van der Waals surface area contributed by atoms with Crippen LogP contribution in [-0.4, -0.2) is 23.3 Å². The SMILES string of the molecule is CCCC(C(=O)OCC)C1(O)CCC(C(C)(C)CC)CC1. The largest absolute Gasteiger partial charge is 0.466 e. The molecule has 0 aromatic carbocycles. The molecule has 1 aliphatic carbocycles. The highest BCUT2D eigenvalue weighted by atomic mass is 16.5. The Balaban J connectivity index is 2.75. The summed E-state index contributed by atoms with van der Waals surface area (Å²) in [4.78, 5) is 12.2. The second-order valence-corrected chi connectivity index (χ2v) is 7.31. The van der Waals surface area contributed by atoms with Gasteiger partial charge in [-0.1, -0.05) is 40.5 Å². The van der Waals surface area contributed by atoms with Gasteiger partial charge < -0.3 is 9.84 Å². The lowest BCUT2D eigenvalue weighted by molar-refractivity contribution is -0.163. The molecule has 0 heterocycles. The second kappa shape index (κ2) is 7.62. The molecular formula is C18H34O3. The number of esters is 1. The maximum Gasteiger partial charge on any atom is 0.311 e. The Kier molecular flexibility index (Phi) is 6.71. The minimum absolute atomic E-state index is 0.213. The van der Waals surface area contributed by atoms with Gasteiger partial charge in [-0.05, 0) is 50.4 Å². The van der Waals surface area contributed by atoms with Crippen LogP contribution in [0.3, 0.4) is 0 Å². The highest BCUT2D eigenvalue weighted by Crippen LogP contribution is 2.46. The first-order valence-corrected chi connectivity index (χ1v) is 8.69. The Morgan fingerprint density at radius 1 is 1.29 bits per heavy atom. The molecule has 0 saturated heterocycles. The summed E-state index contributed by atoms with van der Waals surface area (Å²) in [5.74, 6) is 0.0791. The minimum Gasteiger partial charge on any atom is -0.466 e. The van der Waals surface area contributed by atoms with Gasteiger partial charge in [0.05, 0.1) is 18.1 Å². The first-order valence-electron chi connectivity index (χ1n) is 8.69. The van der Waals surface area contributed by atoms with Crippen LogP contribution in [0.5, 0.6) is 0 Å². The van der Waals surface area contributed by atoms with Gasteiger partial charge in [-0.2, -0.15) is 0 Å². The molecule has 1 unspecified atom stereocenters. The van der Waals surface area contributed by atoms with Crippen LogP contribution in [-0.2, 0) is 9.53 Å². The van der Waals surface area contributed by atoms with Crippen molar-refractivity contribution in [3.63, 3.8) is 0 Å². The molecule has 3 nitrogen and oxygen atoms in total. The second-order valence-electron chi connectivity index (χ2n) is 7.31. The Labute approximate surface area is 130 Å². The summed E-state index contributed by atoms with van der Waals surface area (Å²) in [5, 5.41) is 11.0. The zero-order chi connectivity index (χ0) is 16.1. The van der Waals surface area contributed by atoms with Crippen LogP contribution in [0.25, 0.3) is 0 Å². The third-order valence-corrected chi connectivity index (χ3v) is 5.66. The van der Waals surface area contributed by atoms with E-state index in [4.69, 9.17) is 4.74 Å². The van der Waals surface area contributed by atoms with Gasteiger partial charge in [0.2, 0.25) is 0 Å². The lowest BCUT2D eigenvalue weighted by Crippen LogP contribution is -2.47. The van der Waals surface area contributed by atoms with E-state index in [0.717, 1.165) is 44.9 Å². The van der Waals surface area contributed by atoms with Crippen molar-refractivity contribution in [2.75, 3.05) is 6.61 Å². The van der Waals surface area contributed by atoms with Gasteiger partial charge in [0.15, 0.2) is 0 Å². The van der Waals surface area contributed by atoms with E-state index in [1.807, 2.05) is 6.92 Å². The summed E-state index contributed by atoms with van der Waals surface area (Å²) < 4.78 is 5.19. The maximum absolute atomic E-state index is 12.2. The average molecular weight is 298 g/mol. The van der Waals surface area contributed by atoms with E-state index >= 15 is 0 Å². The van der Waals surface area contributed by atoms with Crippen LogP contribution >= 0.6 is 0 Å². The number of hydrogen-bond acceptors (Lipinski definition) is 3. The van der Waals surface area contributed by atoms with Crippen molar-refractivity contribution < 1.29 is 14.6 Å². The molecule has 0 aromatic heterocycles. The summed E-state index contributed by atoms with van der Waals surface area (Å²) in [6.45, 7) is 11.1. The Hall–Kier alpha value is -0.570. The summed E-state index contributed by atoms with van der Waals surface area (Å²) in [5.41, 5.74) is -0.534. The van der Waals surface area contributed by atoms with E-state index in [9.17, 15) is 9.90 Å². The van der Waals surface area contributed by atoms with Crippen LogP contribution in [0.4, 0.5) is 0 Å². The monoisotopic (exact) mass is 298 g/mol. The fourth-order valence-corrected chi connectivity index (χ4v) is 3.67. The molecule has 124 valence electrons. The van der Waals surface area contributed by atoms with E-state index in [2.05, 4.69) is 27.7 Å². The number of aliphatic hydroxyl groups is 1. The molecule has 1 N–H and O–H groups in total. The predicted molar refractivity (Wildman–Crippen MR) is 86.0 cm³/mol. The van der Waals surface area contributed by atoms with Crippen molar-refractivity contribution in [3.05, 3.63) is 0 Å². The lowest BCUT2D eigenvalue weighted by Gasteiger charge is -2.45. The van der Waals surface area contributed by atoms with Crippen molar-refractivity contribution in [3.8, 4) is 0 Å². The molecule has 21 heavy (non-hydrogen) atoms. The molecule has 0 bridgehead atoms. The molecule has 0 aromatic rings. The topological polar surface area (TPSA) is 46.5 Å². The quantitative estimate of drug-likeness (QED) is 0.712. The molecule has 1 fully saturated rings. The summed E-state index contributed by atoms with van der Waals surface area (Å²) in [6, 6.07) is 0. The van der Waals surface area contributed by atoms with Crippen LogP contribution in [0.1, 0.15) is 79.6 Å². The molecule has 0 spiro atoms. The number of hydrogen-bond donors (Lipinski definition) is 1. The highest BCUT2D eigenvalue weighted by Gasteiger charge is 2.46. The minimum atomic E-state index is -0.859. The normalized spacial score (nSPS) is 28.2. The van der Waals surface area contributed by atoms with E-state index in [-0.39, 0.29) is 11.9 Å². The molecule has 0 aliphatic heterocycles. The van der Waals surface area contributed by atoms with E-state index in [1.165, 1.54) is 0 Å². The number of carbonyl (C=O) groups is 1. The van der Waals surface area contributed by atoms with Crippen molar-refractivity contribution in [1.82, 2.24) is 0 Å². The van der Waals surface area contributed by atoms with Crippen LogP contribution in [0.15, 0.2) is 0 Å². The van der Waals surface area contributed by atoms with Gasteiger partial charge in [-0.3, -0.25) is 4.79 Å². The molecule has 1 rings (SSSR count). The van der Waals surface area contributed by atoms with Crippen molar-refractivity contribution in [2.24, 2.45) is 17.3 Å². The first kappa shape index (κ1) is 18.5. The fourth-order valence-electron chi connectivity index (χ4n) is 3.67. The van der Waals surface area contributed by atoms with Crippen molar-refractivity contribution in [1.29, 1.82) is 0 Å². The van der Waals surface area contributed by atoms with Gasteiger partial charge in [-0.25, -0.2) is 0 Å². The standard InChI is InChI=1S/C18H34O3/c1-6-9-15(16(19)21-8-3)18(20)12-10-14(11-13-18)17(4,5)7-2/h14-15,20H,6-13H2,1-5H3. The molecular weight excluding hydrogens is 264 g/mol. The van der Waals surface area contributed by atoms with E-state index in [1.54, 1.807) is 0 Å². The molecule has 3 heteroatoms. The van der Waals surface area contributed by atoms with Crippen molar-refractivity contribution >= 4 is 5.97 Å². The predicted octanol–water partition coefficient (Wildman–Crippen LogP) is 4.32. The third kappa shape index (κ3) is 4.45. The highest BCUT2D eigenvalue weighted by molar-refractivity contribution is 5.73.